The molecule has 272 valence electrons. The lowest BCUT2D eigenvalue weighted by molar-refractivity contribution is 0.352. The molecule has 0 aromatic heterocycles. The highest BCUT2D eigenvalue weighted by Crippen LogP contribution is 2.53. The van der Waals surface area contributed by atoms with Gasteiger partial charge in [0.1, 0.15) is 0 Å². The summed E-state index contributed by atoms with van der Waals surface area (Å²) in [6, 6.07) is 0.879. The van der Waals surface area contributed by atoms with Gasteiger partial charge in [-0.2, -0.15) is 0 Å². The van der Waals surface area contributed by atoms with E-state index in [2.05, 4.69) is 0 Å². The van der Waals surface area contributed by atoms with E-state index >= 15 is 0 Å². The second-order valence-corrected chi connectivity index (χ2v) is 23.7. The Labute approximate surface area is 248 Å². The van der Waals surface area contributed by atoms with Gasteiger partial charge in [0, 0.05) is 12.1 Å². The normalized spacial score (nSPS) is 18.5. The second kappa shape index (κ2) is 20.6. The maximum Gasteiger partial charge on any atom is 0.337 e. The molecule has 0 radical (unpaired) electrons. The lowest BCUT2D eigenvalue weighted by Gasteiger charge is -2.22. The third-order valence-corrected chi connectivity index (χ3v) is 15.1. The number of hydrogen-bond donors (Lipinski definition) is 18. The summed E-state index contributed by atoms with van der Waals surface area (Å²) in [6.45, 7) is 0. The predicted molar refractivity (Wildman–Crippen MR) is 150 cm³/mol. The van der Waals surface area contributed by atoms with Gasteiger partial charge in [-0.1, -0.05) is 0 Å². The third kappa shape index (κ3) is 62.0. The molecule has 1 saturated carbocycles. The smallest absolute Gasteiger partial charge is 0.328 e. The maximum absolute atomic E-state index is 9.85. The first-order valence-electron chi connectivity index (χ1n) is 10.5. The fraction of sp³-hybridized carbons (Fsp3) is 1.00. The minimum absolute atomic E-state index is 0.440. The average Bonchev–Trinajstić information content (AvgIpc) is 2.53. The standard InChI is InChI=1S/C6H14N2.4CH6O6P2/c7-5-1-2-6(8)4-3-5;4*2-8(3,4)1-9(5,6)7/h5-6H,1-4,7-8H2;4*1H2,(H2,2,3,4)(H2,5,6,7). The summed E-state index contributed by atoms with van der Waals surface area (Å²) in [5.74, 6) is -5.50. The summed E-state index contributed by atoms with van der Waals surface area (Å²) in [5, 5.41) is 0. The van der Waals surface area contributed by atoms with Crippen LogP contribution in [0.3, 0.4) is 0 Å². The Hall–Kier alpha value is 1.12. The first kappa shape index (κ1) is 51.9. The van der Waals surface area contributed by atoms with Gasteiger partial charge in [0.25, 0.3) is 0 Å². The monoisotopic (exact) mass is 818 g/mol. The van der Waals surface area contributed by atoms with Crippen LogP contribution in [-0.4, -0.2) is 114 Å². The van der Waals surface area contributed by atoms with Crippen molar-refractivity contribution in [3.05, 3.63) is 0 Å². The van der Waals surface area contributed by atoms with Crippen molar-refractivity contribution in [2.45, 2.75) is 37.8 Å². The van der Waals surface area contributed by atoms with Gasteiger partial charge in [-0.25, -0.2) is 0 Å². The van der Waals surface area contributed by atoms with E-state index in [1.807, 2.05) is 0 Å². The lowest BCUT2D eigenvalue weighted by Crippen LogP contribution is -2.33. The molecule has 0 aliphatic heterocycles. The maximum atomic E-state index is 9.85. The molecule has 1 aliphatic rings. The average molecular weight is 818 g/mol. The van der Waals surface area contributed by atoms with Crippen LogP contribution in [0.25, 0.3) is 0 Å². The Balaban J connectivity index is -0.000000227. The summed E-state index contributed by atoms with van der Waals surface area (Å²) in [6.07, 6.45) is 4.50. The van der Waals surface area contributed by atoms with E-state index in [0.29, 0.717) is 12.1 Å². The van der Waals surface area contributed by atoms with E-state index in [0.717, 1.165) is 25.7 Å². The molecule has 1 aliphatic carbocycles. The van der Waals surface area contributed by atoms with Crippen molar-refractivity contribution in [2.75, 3.05) is 23.6 Å². The zero-order valence-corrected chi connectivity index (χ0v) is 29.1. The quantitative estimate of drug-likeness (QED) is 0.112. The van der Waals surface area contributed by atoms with Gasteiger partial charge in [0.2, 0.25) is 0 Å². The van der Waals surface area contributed by atoms with E-state index in [-0.39, 0.29) is 0 Å². The van der Waals surface area contributed by atoms with Crippen LogP contribution in [0.5, 0.6) is 0 Å². The molecule has 0 bridgehead atoms. The van der Waals surface area contributed by atoms with Gasteiger partial charge in [-0.15, -0.1) is 0 Å². The molecule has 0 amide bonds. The SMILES string of the molecule is NC1CCC(N)CC1.O=P(O)(O)CP(=O)(O)O.O=P(O)(O)CP(=O)(O)O.O=P(O)(O)CP(=O)(O)O.O=P(O)(O)CP(=O)(O)O. The van der Waals surface area contributed by atoms with Gasteiger partial charge >= 0.3 is 60.8 Å². The van der Waals surface area contributed by atoms with Crippen molar-refractivity contribution in [3.63, 3.8) is 0 Å². The number of nitrogens with two attached hydrogens (primary N) is 2. The Bertz CT molecular complexity index is 941. The van der Waals surface area contributed by atoms with Gasteiger partial charge in [-0.05, 0) is 25.7 Å². The van der Waals surface area contributed by atoms with E-state index in [1.54, 1.807) is 0 Å². The van der Waals surface area contributed by atoms with E-state index in [4.69, 9.17) is 89.8 Å². The van der Waals surface area contributed by atoms with Crippen molar-refractivity contribution < 1.29 is 115 Å². The van der Waals surface area contributed by atoms with Crippen LogP contribution in [0, 0.1) is 0 Å². The highest BCUT2D eigenvalue weighted by molar-refractivity contribution is 7.70. The molecule has 34 heteroatoms. The summed E-state index contributed by atoms with van der Waals surface area (Å²) >= 11 is 0. The van der Waals surface area contributed by atoms with E-state index in [9.17, 15) is 36.5 Å². The van der Waals surface area contributed by atoms with Crippen LogP contribution in [-0.2, 0) is 36.5 Å². The van der Waals surface area contributed by atoms with Crippen molar-refractivity contribution in [3.8, 4) is 0 Å². The Kier molecular flexibility index (Phi) is 24.3. The molecular weight excluding hydrogens is 780 g/mol. The van der Waals surface area contributed by atoms with Gasteiger partial charge in [0.05, 0.1) is 0 Å². The lowest BCUT2D eigenvalue weighted by atomic mass is 9.93. The first-order chi connectivity index (χ1) is 18.6. The van der Waals surface area contributed by atoms with Crippen LogP contribution < -0.4 is 11.5 Å². The third-order valence-electron chi connectivity index (χ3n) is 3.29. The molecule has 0 aromatic rings. The zero-order chi connectivity index (χ0) is 36.8. The predicted octanol–water partition coefficient (Wildman–Crippen LogP) is -2.59. The Morgan fingerprint density at radius 2 is 0.409 bits per heavy atom. The zero-order valence-electron chi connectivity index (χ0n) is 22.0. The molecule has 0 heterocycles. The topological polar surface area (TPSA) is 512 Å². The van der Waals surface area contributed by atoms with Crippen molar-refractivity contribution in [2.24, 2.45) is 11.5 Å². The molecule has 0 aromatic carbocycles. The molecule has 0 unspecified atom stereocenters. The molecule has 26 nitrogen and oxygen atoms in total. The summed E-state index contributed by atoms with van der Waals surface area (Å²) < 4.78 is 78.8. The highest BCUT2D eigenvalue weighted by Gasteiger charge is 2.29. The largest absolute Gasteiger partial charge is 0.337 e. The van der Waals surface area contributed by atoms with Crippen LogP contribution in [0.15, 0.2) is 0 Å². The molecule has 0 saturated heterocycles. The molecule has 0 spiro atoms. The molecule has 20 N–H and O–H groups in total. The van der Waals surface area contributed by atoms with E-state index < -0.39 is 84.4 Å². The van der Waals surface area contributed by atoms with Gasteiger partial charge in [-0.3, -0.25) is 36.5 Å². The van der Waals surface area contributed by atoms with Crippen LogP contribution in [0.2, 0.25) is 0 Å². The van der Waals surface area contributed by atoms with E-state index in [1.165, 1.54) is 0 Å². The molecule has 1 rings (SSSR count). The molecule has 0 atom stereocenters. The van der Waals surface area contributed by atoms with Crippen molar-refractivity contribution >= 4 is 60.8 Å². The number of hydrogen-bond acceptors (Lipinski definition) is 10. The first-order valence-corrected chi connectivity index (χ1v) is 24.9. The minimum Gasteiger partial charge on any atom is -0.328 e. The summed E-state index contributed by atoms with van der Waals surface area (Å²) in [4.78, 5) is 128. The Morgan fingerprint density at radius 3 is 0.455 bits per heavy atom. The van der Waals surface area contributed by atoms with Crippen LogP contribution in [0.4, 0.5) is 0 Å². The molecular formula is C10H38N2O24P8. The molecule has 1 fully saturated rings. The number of rotatable bonds is 8. The second-order valence-electron chi connectivity index (χ2n) is 8.56. The van der Waals surface area contributed by atoms with Gasteiger partial charge in [0.15, 0.2) is 23.6 Å². The fourth-order valence-corrected chi connectivity index (χ4v) is 9.78. The minimum atomic E-state index is -4.55. The van der Waals surface area contributed by atoms with Crippen molar-refractivity contribution in [1.29, 1.82) is 0 Å². The van der Waals surface area contributed by atoms with Crippen molar-refractivity contribution in [1.82, 2.24) is 0 Å². The van der Waals surface area contributed by atoms with Gasteiger partial charge < -0.3 is 89.8 Å². The van der Waals surface area contributed by atoms with Crippen LogP contribution in [0.1, 0.15) is 25.7 Å². The van der Waals surface area contributed by atoms with Crippen LogP contribution >= 0.6 is 60.8 Å². The summed E-state index contributed by atoms with van der Waals surface area (Å²) in [7, 11) is -36.4. The fourth-order valence-electron chi connectivity index (χ4n) is 2.10. The summed E-state index contributed by atoms with van der Waals surface area (Å²) in [5.41, 5.74) is 11.3. The Morgan fingerprint density at radius 1 is 0.318 bits per heavy atom. The molecule has 44 heavy (non-hydrogen) atoms. The highest BCUT2D eigenvalue weighted by atomic mass is 31.3.